The molecule has 1 aliphatic rings. The Labute approximate surface area is 148 Å². The fourth-order valence-corrected chi connectivity index (χ4v) is 2.53. The van der Waals surface area contributed by atoms with Gasteiger partial charge in [0.25, 0.3) is 0 Å². The molecule has 0 saturated heterocycles. The van der Waals surface area contributed by atoms with Gasteiger partial charge >= 0.3 is 18.1 Å². The van der Waals surface area contributed by atoms with Gasteiger partial charge in [0.15, 0.2) is 0 Å². The lowest BCUT2D eigenvalue weighted by Gasteiger charge is -2.23. The van der Waals surface area contributed by atoms with Gasteiger partial charge in [-0.3, -0.25) is 0 Å². The number of benzene rings is 1. The molecule has 0 spiro atoms. The third-order valence-electron chi connectivity index (χ3n) is 4.04. The number of urea groups is 1. The van der Waals surface area contributed by atoms with E-state index in [1.807, 2.05) is 6.92 Å². The first-order valence-corrected chi connectivity index (χ1v) is 8.39. The monoisotopic (exact) mass is 368 g/mol. The minimum atomic E-state index is -4.67. The molecule has 2 amide bonds. The SMILES string of the molecule is CCNC(=O)N(Cc1ccc(-c2noc(C(F)(F)F)n2)cc1)CC1CC1. The second-order valence-corrected chi connectivity index (χ2v) is 6.28. The maximum atomic E-state index is 12.5. The predicted molar refractivity (Wildman–Crippen MR) is 86.9 cm³/mol. The molecule has 1 aromatic heterocycles. The Morgan fingerprint density at radius 1 is 1.31 bits per heavy atom. The molecule has 3 rings (SSSR count). The number of nitrogens with one attached hydrogen (secondary N) is 1. The summed E-state index contributed by atoms with van der Waals surface area (Å²) in [5.41, 5.74) is 1.29. The molecule has 0 aliphatic heterocycles. The van der Waals surface area contributed by atoms with Gasteiger partial charge in [-0.2, -0.15) is 18.2 Å². The standard InChI is InChI=1S/C17H19F3N4O2/c1-2-21-16(25)24(9-11-3-4-11)10-12-5-7-13(8-6-12)14-22-15(26-23-14)17(18,19)20/h5-8,11H,2-4,9-10H2,1H3,(H,21,25). The van der Waals surface area contributed by atoms with Crippen LogP contribution in [0.1, 0.15) is 31.2 Å². The Balaban J connectivity index is 1.69. The zero-order chi connectivity index (χ0) is 18.7. The van der Waals surface area contributed by atoms with Crippen molar-refractivity contribution in [3.8, 4) is 11.4 Å². The van der Waals surface area contributed by atoms with Crippen molar-refractivity contribution >= 4 is 6.03 Å². The van der Waals surface area contributed by atoms with Crippen LogP contribution >= 0.6 is 0 Å². The summed E-state index contributed by atoms with van der Waals surface area (Å²) in [6, 6.07) is 6.62. The molecular formula is C17H19F3N4O2. The van der Waals surface area contributed by atoms with Gasteiger partial charge in [0.2, 0.25) is 5.82 Å². The topological polar surface area (TPSA) is 71.3 Å². The van der Waals surface area contributed by atoms with Gasteiger partial charge in [0.1, 0.15) is 0 Å². The maximum Gasteiger partial charge on any atom is 0.471 e. The lowest BCUT2D eigenvalue weighted by atomic mass is 10.1. The molecule has 1 aliphatic carbocycles. The highest BCUT2D eigenvalue weighted by atomic mass is 19.4. The molecule has 2 aromatic rings. The average Bonchev–Trinajstić information content (AvgIpc) is 3.26. The number of carbonyl (C=O) groups excluding carboxylic acids is 1. The molecule has 140 valence electrons. The molecule has 0 atom stereocenters. The summed E-state index contributed by atoms with van der Waals surface area (Å²) in [5, 5.41) is 6.16. The molecule has 1 heterocycles. The van der Waals surface area contributed by atoms with E-state index in [9.17, 15) is 18.0 Å². The van der Waals surface area contributed by atoms with Crippen molar-refractivity contribution in [2.75, 3.05) is 13.1 Å². The predicted octanol–water partition coefficient (Wildman–Crippen LogP) is 3.70. The smallest absolute Gasteiger partial charge is 0.338 e. The lowest BCUT2D eigenvalue weighted by Crippen LogP contribution is -2.40. The molecule has 1 aromatic carbocycles. The van der Waals surface area contributed by atoms with Crippen molar-refractivity contribution in [2.45, 2.75) is 32.5 Å². The van der Waals surface area contributed by atoms with E-state index in [0.29, 0.717) is 31.1 Å². The number of aromatic nitrogens is 2. The summed E-state index contributed by atoms with van der Waals surface area (Å²) in [6.07, 6.45) is -2.40. The highest BCUT2D eigenvalue weighted by Gasteiger charge is 2.38. The van der Waals surface area contributed by atoms with Crippen LogP contribution < -0.4 is 5.32 Å². The van der Waals surface area contributed by atoms with Crippen LogP contribution in [0.2, 0.25) is 0 Å². The van der Waals surface area contributed by atoms with Gasteiger partial charge in [0.05, 0.1) is 0 Å². The van der Waals surface area contributed by atoms with E-state index >= 15 is 0 Å². The van der Waals surface area contributed by atoms with Crippen LogP contribution in [0.3, 0.4) is 0 Å². The molecule has 0 bridgehead atoms. The van der Waals surface area contributed by atoms with Crippen molar-refractivity contribution in [1.29, 1.82) is 0 Å². The molecule has 9 heteroatoms. The van der Waals surface area contributed by atoms with Crippen molar-refractivity contribution < 1.29 is 22.5 Å². The number of hydrogen-bond donors (Lipinski definition) is 1. The minimum Gasteiger partial charge on any atom is -0.338 e. The Kier molecular flexibility index (Phi) is 5.15. The fraction of sp³-hybridized carbons (Fsp3) is 0.471. The van der Waals surface area contributed by atoms with Gasteiger partial charge in [-0.15, -0.1) is 0 Å². The summed E-state index contributed by atoms with van der Waals surface area (Å²) in [5.74, 6) is -0.942. The van der Waals surface area contributed by atoms with Crippen LogP contribution in [-0.4, -0.2) is 34.2 Å². The molecule has 1 saturated carbocycles. The summed E-state index contributed by atoms with van der Waals surface area (Å²) in [7, 11) is 0. The van der Waals surface area contributed by atoms with Crippen LogP contribution in [0.4, 0.5) is 18.0 Å². The molecule has 0 unspecified atom stereocenters. The first kappa shape index (κ1) is 18.2. The van der Waals surface area contributed by atoms with Crippen LogP contribution in [0.25, 0.3) is 11.4 Å². The Hall–Kier alpha value is -2.58. The van der Waals surface area contributed by atoms with E-state index in [4.69, 9.17) is 0 Å². The van der Waals surface area contributed by atoms with Gasteiger partial charge in [-0.1, -0.05) is 29.4 Å². The Morgan fingerprint density at radius 3 is 2.54 bits per heavy atom. The summed E-state index contributed by atoms with van der Waals surface area (Å²) in [4.78, 5) is 17.3. The van der Waals surface area contributed by atoms with Crippen LogP contribution in [0.5, 0.6) is 0 Å². The zero-order valence-corrected chi connectivity index (χ0v) is 14.2. The largest absolute Gasteiger partial charge is 0.471 e. The summed E-state index contributed by atoms with van der Waals surface area (Å²) in [6.45, 7) is 3.55. The van der Waals surface area contributed by atoms with Crippen molar-refractivity contribution in [3.63, 3.8) is 0 Å². The normalized spacial score (nSPS) is 14.3. The number of carbonyl (C=O) groups is 1. The highest BCUT2D eigenvalue weighted by Crippen LogP contribution is 2.31. The van der Waals surface area contributed by atoms with Gasteiger partial charge in [-0.25, -0.2) is 4.79 Å². The molecule has 1 N–H and O–H groups in total. The summed E-state index contributed by atoms with van der Waals surface area (Å²) >= 11 is 0. The molecule has 1 fully saturated rings. The van der Waals surface area contributed by atoms with Crippen molar-refractivity contribution in [2.24, 2.45) is 5.92 Å². The quantitative estimate of drug-likeness (QED) is 0.844. The molecular weight excluding hydrogens is 349 g/mol. The van der Waals surface area contributed by atoms with Gasteiger partial charge < -0.3 is 14.7 Å². The third kappa shape index (κ3) is 4.53. The second-order valence-electron chi connectivity index (χ2n) is 6.28. The Morgan fingerprint density at radius 2 is 2.00 bits per heavy atom. The lowest BCUT2D eigenvalue weighted by molar-refractivity contribution is -0.159. The van der Waals surface area contributed by atoms with Crippen LogP contribution in [0.15, 0.2) is 28.8 Å². The van der Waals surface area contributed by atoms with Gasteiger partial charge in [0, 0.05) is 25.2 Å². The number of amides is 2. The van der Waals surface area contributed by atoms with Gasteiger partial charge in [-0.05, 0) is 31.2 Å². The van der Waals surface area contributed by atoms with E-state index < -0.39 is 12.1 Å². The average molecular weight is 368 g/mol. The highest BCUT2D eigenvalue weighted by molar-refractivity contribution is 5.74. The van der Waals surface area contributed by atoms with E-state index in [2.05, 4.69) is 20.0 Å². The van der Waals surface area contributed by atoms with Crippen molar-refractivity contribution in [3.05, 3.63) is 35.7 Å². The number of halogens is 3. The van der Waals surface area contributed by atoms with E-state index in [1.165, 1.54) is 0 Å². The van der Waals surface area contributed by atoms with Crippen LogP contribution in [-0.2, 0) is 12.7 Å². The fourth-order valence-electron chi connectivity index (χ4n) is 2.53. The zero-order valence-electron chi connectivity index (χ0n) is 14.2. The van der Waals surface area contributed by atoms with E-state index in [0.717, 1.165) is 18.4 Å². The number of hydrogen-bond acceptors (Lipinski definition) is 4. The van der Waals surface area contributed by atoms with E-state index in [-0.39, 0.29) is 11.9 Å². The molecule has 26 heavy (non-hydrogen) atoms. The van der Waals surface area contributed by atoms with E-state index in [1.54, 1.807) is 29.2 Å². The van der Waals surface area contributed by atoms with Crippen molar-refractivity contribution in [1.82, 2.24) is 20.4 Å². The minimum absolute atomic E-state index is 0.114. The molecule has 6 nitrogen and oxygen atoms in total. The number of rotatable bonds is 6. The Bertz CT molecular complexity index is 754. The first-order valence-electron chi connectivity index (χ1n) is 8.39. The maximum absolute atomic E-state index is 12.5. The van der Waals surface area contributed by atoms with Crippen LogP contribution in [0, 0.1) is 5.92 Å². The third-order valence-corrected chi connectivity index (χ3v) is 4.04. The number of nitrogens with zero attached hydrogens (tertiary/aromatic N) is 3. The number of alkyl halides is 3. The first-order chi connectivity index (χ1) is 12.4. The summed E-state index contributed by atoms with van der Waals surface area (Å²) < 4.78 is 41.8. The molecule has 0 radical (unpaired) electrons. The second kappa shape index (κ2) is 7.35.